The zero-order chi connectivity index (χ0) is 14.2. The zero-order valence-corrected chi connectivity index (χ0v) is 12.7. The van der Waals surface area contributed by atoms with Gasteiger partial charge < -0.3 is 5.32 Å². The van der Waals surface area contributed by atoms with Gasteiger partial charge in [-0.1, -0.05) is 6.92 Å². The van der Waals surface area contributed by atoms with E-state index in [1.165, 1.54) is 38.5 Å². The molecular formula is C18H27NO. The van der Waals surface area contributed by atoms with Crippen molar-refractivity contribution in [3.8, 4) is 12.3 Å². The van der Waals surface area contributed by atoms with E-state index in [2.05, 4.69) is 18.2 Å². The number of hydrogen-bond donors (Lipinski definition) is 1. The molecular weight excluding hydrogens is 246 g/mol. The maximum absolute atomic E-state index is 12.4. The highest BCUT2D eigenvalue weighted by Crippen LogP contribution is 2.61. The summed E-state index contributed by atoms with van der Waals surface area (Å²) < 4.78 is 0. The fourth-order valence-corrected chi connectivity index (χ4v) is 5.57. The van der Waals surface area contributed by atoms with Gasteiger partial charge in [-0.2, -0.15) is 0 Å². The summed E-state index contributed by atoms with van der Waals surface area (Å²) in [4.78, 5) is 12.4. The van der Waals surface area contributed by atoms with Crippen LogP contribution in [0.2, 0.25) is 0 Å². The predicted octanol–water partition coefficient (Wildman–Crippen LogP) is 3.51. The first kappa shape index (κ1) is 14.0. The van der Waals surface area contributed by atoms with Gasteiger partial charge in [0, 0.05) is 18.9 Å². The van der Waals surface area contributed by atoms with Crippen molar-refractivity contribution in [1.29, 1.82) is 0 Å². The van der Waals surface area contributed by atoms with Gasteiger partial charge in [0.05, 0.1) is 0 Å². The molecule has 0 heterocycles. The third kappa shape index (κ3) is 2.73. The van der Waals surface area contributed by atoms with Crippen LogP contribution < -0.4 is 5.32 Å². The molecule has 1 N–H and O–H groups in total. The topological polar surface area (TPSA) is 29.1 Å². The molecule has 4 rings (SSSR count). The van der Waals surface area contributed by atoms with E-state index in [9.17, 15) is 4.79 Å². The monoisotopic (exact) mass is 273 g/mol. The predicted molar refractivity (Wildman–Crippen MR) is 80.9 cm³/mol. The minimum atomic E-state index is 0.168. The van der Waals surface area contributed by atoms with E-state index in [0.717, 1.165) is 30.6 Å². The van der Waals surface area contributed by atoms with Gasteiger partial charge in [-0.3, -0.25) is 4.79 Å². The normalized spacial score (nSPS) is 39.3. The van der Waals surface area contributed by atoms with Crippen molar-refractivity contribution in [3.05, 3.63) is 0 Å². The number of terminal acetylenes is 1. The first-order chi connectivity index (χ1) is 9.62. The summed E-state index contributed by atoms with van der Waals surface area (Å²) in [6, 6.07) is 0.168. The van der Waals surface area contributed by atoms with Crippen LogP contribution in [0.5, 0.6) is 0 Å². The van der Waals surface area contributed by atoms with E-state index < -0.39 is 0 Å². The molecule has 4 saturated carbocycles. The van der Waals surface area contributed by atoms with Crippen LogP contribution in [-0.2, 0) is 4.79 Å². The minimum Gasteiger partial charge on any atom is -0.352 e. The van der Waals surface area contributed by atoms with E-state index in [-0.39, 0.29) is 11.9 Å². The molecule has 0 aromatic heterocycles. The molecule has 0 aliphatic heterocycles. The van der Waals surface area contributed by atoms with Crippen LogP contribution in [0.1, 0.15) is 64.7 Å². The Balaban J connectivity index is 1.60. The lowest BCUT2D eigenvalue weighted by Crippen LogP contribution is -2.48. The van der Waals surface area contributed by atoms with Crippen molar-refractivity contribution in [2.24, 2.45) is 23.2 Å². The number of carbonyl (C=O) groups excluding carboxylic acids is 1. The number of rotatable bonds is 5. The molecule has 1 amide bonds. The Bertz CT molecular complexity index is 384. The third-order valence-electron chi connectivity index (χ3n) is 5.92. The maximum atomic E-state index is 12.4. The van der Waals surface area contributed by atoms with Gasteiger partial charge in [-0.15, -0.1) is 12.3 Å². The summed E-state index contributed by atoms with van der Waals surface area (Å²) in [5, 5.41) is 3.16. The van der Waals surface area contributed by atoms with Crippen LogP contribution in [0, 0.1) is 35.5 Å². The van der Waals surface area contributed by atoms with Gasteiger partial charge in [0.25, 0.3) is 0 Å². The molecule has 1 unspecified atom stereocenters. The summed E-state index contributed by atoms with van der Waals surface area (Å²) in [5.74, 6) is 5.67. The summed E-state index contributed by atoms with van der Waals surface area (Å²) in [6.45, 7) is 2.09. The molecule has 4 aliphatic rings. The molecule has 4 fully saturated rings. The Labute approximate surface area is 123 Å². The van der Waals surface area contributed by atoms with Crippen LogP contribution in [-0.4, -0.2) is 11.9 Å². The van der Waals surface area contributed by atoms with E-state index in [4.69, 9.17) is 6.42 Å². The smallest absolute Gasteiger partial charge is 0.220 e. The van der Waals surface area contributed by atoms with Gasteiger partial charge in [0.1, 0.15) is 0 Å². The molecule has 0 aromatic carbocycles. The van der Waals surface area contributed by atoms with Crippen LogP contribution in [0.3, 0.4) is 0 Å². The van der Waals surface area contributed by atoms with Gasteiger partial charge >= 0.3 is 0 Å². The van der Waals surface area contributed by atoms with E-state index in [1.54, 1.807) is 0 Å². The second kappa shape index (κ2) is 5.43. The highest BCUT2D eigenvalue weighted by atomic mass is 16.1. The van der Waals surface area contributed by atoms with Gasteiger partial charge in [0.15, 0.2) is 0 Å². The fraction of sp³-hybridized carbons (Fsp3) is 0.833. The van der Waals surface area contributed by atoms with Crippen molar-refractivity contribution in [2.45, 2.75) is 70.8 Å². The van der Waals surface area contributed by atoms with Crippen molar-refractivity contribution in [2.75, 3.05) is 0 Å². The van der Waals surface area contributed by atoms with Crippen LogP contribution in [0.25, 0.3) is 0 Å². The van der Waals surface area contributed by atoms with Crippen LogP contribution in [0.4, 0.5) is 0 Å². The maximum Gasteiger partial charge on any atom is 0.220 e. The summed E-state index contributed by atoms with van der Waals surface area (Å²) in [5.41, 5.74) is 0.341. The quantitative estimate of drug-likeness (QED) is 0.763. The third-order valence-corrected chi connectivity index (χ3v) is 5.92. The van der Waals surface area contributed by atoms with Crippen molar-refractivity contribution >= 4 is 5.91 Å². The van der Waals surface area contributed by atoms with E-state index >= 15 is 0 Å². The molecule has 0 aromatic rings. The second-order valence-electron chi connectivity index (χ2n) is 7.68. The Morgan fingerprint density at radius 1 is 1.25 bits per heavy atom. The summed E-state index contributed by atoms with van der Waals surface area (Å²) >= 11 is 0. The fourth-order valence-electron chi connectivity index (χ4n) is 5.57. The van der Waals surface area contributed by atoms with Crippen molar-refractivity contribution in [1.82, 2.24) is 5.32 Å². The molecule has 20 heavy (non-hydrogen) atoms. The molecule has 4 aliphatic carbocycles. The zero-order valence-electron chi connectivity index (χ0n) is 12.7. The Morgan fingerprint density at radius 3 is 2.25 bits per heavy atom. The molecule has 0 saturated heterocycles. The number of amides is 1. The number of nitrogens with one attached hydrogen (secondary N) is 1. The molecule has 0 spiro atoms. The standard InChI is InChI=1S/C18H27NO/c1-3-5-16(4-2)19-17(20)12-18-9-13-6-14(10-18)8-15(7-13)11-18/h1,13-16H,4-12H2,2H3,(H,19,20). The Kier molecular flexibility index (Phi) is 3.80. The minimum absolute atomic E-state index is 0.168. The molecule has 0 radical (unpaired) electrons. The lowest BCUT2D eigenvalue weighted by molar-refractivity contribution is -0.130. The Morgan fingerprint density at radius 2 is 1.80 bits per heavy atom. The van der Waals surface area contributed by atoms with Crippen molar-refractivity contribution < 1.29 is 4.79 Å². The summed E-state index contributed by atoms with van der Waals surface area (Å²) in [7, 11) is 0. The van der Waals surface area contributed by atoms with Crippen LogP contribution >= 0.6 is 0 Å². The molecule has 4 bridgehead atoms. The largest absolute Gasteiger partial charge is 0.352 e. The number of carbonyl (C=O) groups is 1. The van der Waals surface area contributed by atoms with E-state index in [0.29, 0.717) is 11.8 Å². The van der Waals surface area contributed by atoms with E-state index in [1.807, 2.05) is 0 Å². The van der Waals surface area contributed by atoms with Gasteiger partial charge in [0.2, 0.25) is 5.91 Å². The Hall–Kier alpha value is -0.970. The molecule has 110 valence electrons. The average Bonchev–Trinajstić information content (AvgIpc) is 2.35. The van der Waals surface area contributed by atoms with Gasteiger partial charge in [-0.25, -0.2) is 0 Å². The highest BCUT2D eigenvalue weighted by Gasteiger charge is 2.51. The van der Waals surface area contributed by atoms with Crippen molar-refractivity contribution in [3.63, 3.8) is 0 Å². The first-order valence-corrected chi connectivity index (χ1v) is 8.35. The lowest BCUT2D eigenvalue weighted by Gasteiger charge is -2.56. The SMILES string of the molecule is C#CCC(CC)NC(=O)CC12CC3CC(CC(C3)C1)C2. The highest BCUT2D eigenvalue weighted by molar-refractivity contribution is 5.77. The summed E-state index contributed by atoms with van der Waals surface area (Å²) in [6.07, 6.45) is 15.9. The molecule has 1 atom stereocenters. The van der Waals surface area contributed by atoms with Gasteiger partial charge in [-0.05, 0) is 68.1 Å². The number of hydrogen-bond acceptors (Lipinski definition) is 1. The molecule has 2 nitrogen and oxygen atoms in total. The second-order valence-corrected chi connectivity index (χ2v) is 7.68. The molecule has 2 heteroatoms. The first-order valence-electron chi connectivity index (χ1n) is 8.35. The average molecular weight is 273 g/mol. The van der Waals surface area contributed by atoms with Crippen LogP contribution in [0.15, 0.2) is 0 Å². The lowest BCUT2D eigenvalue weighted by atomic mass is 9.49.